The summed E-state index contributed by atoms with van der Waals surface area (Å²) in [7, 11) is 0. The molecule has 0 amide bonds. The van der Waals surface area contributed by atoms with E-state index in [1.54, 1.807) is 18.2 Å². The van der Waals surface area contributed by atoms with Crippen molar-refractivity contribution in [3.63, 3.8) is 0 Å². The lowest BCUT2D eigenvalue weighted by Gasteiger charge is -2.39. The number of hydrogen-bond donors (Lipinski definition) is 1. The third-order valence-electron chi connectivity index (χ3n) is 2.78. The number of carbonyl (C=O) groups excluding carboxylic acids is 1. The second-order valence-electron chi connectivity index (χ2n) is 3.91. The maximum atomic E-state index is 12.2. The topological polar surface area (TPSA) is 69.6 Å². The van der Waals surface area contributed by atoms with E-state index in [1.807, 2.05) is 0 Å². The van der Waals surface area contributed by atoms with Crippen molar-refractivity contribution in [1.29, 1.82) is 0 Å². The lowest BCUT2D eigenvalue weighted by atomic mass is 10.1. The van der Waals surface area contributed by atoms with Crippen LogP contribution in [0.4, 0.5) is 5.69 Å². The molecule has 0 radical (unpaired) electrons. The minimum Gasteiger partial charge on any atom is -0.588 e. The minimum absolute atomic E-state index is 0.0586. The first-order valence-corrected chi connectivity index (χ1v) is 5.15. The Hall–Kier alpha value is -1.95. The predicted molar refractivity (Wildman–Crippen MR) is 59.8 cm³/mol. The summed E-state index contributed by atoms with van der Waals surface area (Å²) in [5, 5.41) is 22.2. The fourth-order valence-electron chi connectivity index (χ4n) is 1.97. The first kappa shape index (κ1) is 10.2. The van der Waals surface area contributed by atoms with E-state index in [9.17, 15) is 15.2 Å². The number of rotatable bonds is 0. The smallest absolute Gasteiger partial charge is 0.213 e. The van der Waals surface area contributed by atoms with Crippen LogP contribution in [0.3, 0.4) is 0 Å². The van der Waals surface area contributed by atoms with Gasteiger partial charge in [-0.2, -0.15) is 0 Å². The Morgan fingerprint density at radius 3 is 2.94 bits per heavy atom. The third-order valence-corrected chi connectivity index (χ3v) is 2.78. The first-order chi connectivity index (χ1) is 8.09. The van der Waals surface area contributed by atoms with Crippen LogP contribution in [0.25, 0.3) is 0 Å². The summed E-state index contributed by atoms with van der Waals surface area (Å²) >= 11 is 0. The number of quaternary nitrogens is 1. The standard InChI is InChI=1S/C12H9NO4/c14-8-5-6-10-12(7-8)17-11-4-2-1-3-9(11)13(10,15)16/h1-4,6-7,15H,5H2. The molecule has 0 saturated heterocycles. The predicted octanol–water partition coefficient (Wildman–Crippen LogP) is 2.01. The van der Waals surface area contributed by atoms with Crippen LogP contribution in [0.15, 0.2) is 47.9 Å². The highest BCUT2D eigenvalue weighted by molar-refractivity contribution is 5.94. The van der Waals surface area contributed by atoms with Gasteiger partial charge in [0.1, 0.15) is 0 Å². The summed E-state index contributed by atoms with van der Waals surface area (Å²) in [6.45, 7) is 0. The molecule has 5 nitrogen and oxygen atoms in total. The van der Waals surface area contributed by atoms with Crippen molar-refractivity contribution in [2.24, 2.45) is 0 Å². The Labute approximate surface area is 97.0 Å². The second-order valence-corrected chi connectivity index (χ2v) is 3.91. The molecule has 1 aromatic carbocycles. The Kier molecular flexibility index (Phi) is 1.97. The summed E-state index contributed by atoms with van der Waals surface area (Å²) in [5.41, 5.74) is 0.175. The van der Waals surface area contributed by atoms with E-state index in [-0.39, 0.29) is 35.1 Å². The first-order valence-electron chi connectivity index (χ1n) is 5.15. The fourth-order valence-corrected chi connectivity index (χ4v) is 1.97. The van der Waals surface area contributed by atoms with E-state index < -0.39 is 4.81 Å². The lowest BCUT2D eigenvalue weighted by molar-refractivity contribution is -0.114. The van der Waals surface area contributed by atoms with E-state index in [2.05, 4.69) is 0 Å². The number of carbonyl (C=O) groups is 1. The number of hydrogen-bond acceptors (Lipinski definition) is 4. The monoisotopic (exact) mass is 231 g/mol. The maximum Gasteiger partial charge on any atom is 0.213 e. The number of ketones is 1. The molecule has 86 valence electrons. The quantitative estimate of drug-likeness (QED) is 0.547. The van der Waals surface area contributed by atoms with E-state index >= 15 is 0 Å². The molecule has 2 aliphatic rings. The second kappa shape index (κ2) is 3.27. The van der Waals surface area contributed by atoms with Gasteiger partial charge in [0.05, 0.1) is 0 Å². The number of ether oxygens (including phenoxy) is 1. The van der Waals surface area contributed by atoms with Crippen molar-refractivity contribution in [2.75, 3.05) is 0 Å². The molecule has 1 aromatic rings. The molecule has 0 spiro atoms. The van der Waals surface area contributed by atoms with E-state index in [1.165, 1.54) is 18.2 Å². The van der Waals surface area contributed by atoms with Crippen LogP contribution in [-0.4, -0.2) is 11.0 Å². The Balaban J connectivity index is 2.22. The molecule has 1 N–H and O–H groups in total. The van der Waals surface area contributed by atoms with Crippen LogP contribution in [0.2, 0.25) is 0 Å². The maximum absolute atomic E-state index is 12.2. The zero-order chi connectivity index (χ0) is 12.0. The highest BCUT2D eigenvalue weighted by atomic mass is 16.8. The van der Waals surface area contributed by atoms with Gasteiger partial charge in [-0.25, -0.2) is 5.21 Å². The van der Waals surface area contributed by atoms with Crippen LogP contribution in [0.1, 0.15) is 6.42 Å². The molecule has 0 fully saturated rings. The van der Waals surface area contributed by atoms with Crippen molar-refractivity contribution in [1.82, 2.24) is 4.81 Å². The Morgan fingerprint density at radius 2 is 2.12 bits per heavy atom. The van der Waals surface area contributed by atoms with Crippen LogP contribution >= 0.6 is 0 Å². The Bertz CT molecular complexity index is 572. The number of hydroxylamine groups is 2. The van der Waals surface area contributed by atoms with Gasteiger partial charge >= 0.3 is 0 Å². The summed E-state index contributed by atoms with van der Waals surface area (Å²) < 4.78 is 5.44. The van der Waals surface area contributed by atoms with Crippen molar-refractivity contribution in [2.45, 2.75) is 6.42 Å². The van der Waals surface area contributed by atoms with Gasteiger partial charge in [-0.05, 0) is 12.1 Å². The summed E-state index contributed by atoms with van der Waals surface area (Å²) in [5.74, 6) is 0.240. The van der Waals surface area contributed by atoms with Crippen molar-refractivity contribution in [3.05, 3.63) is 53.1 Å². The van der Waals surface area contributed by atoms with Gasteiger partial charge in [0.25, 0.3) is 0 Å². The van der Waals surface area contributed by atoms with Gasteiger partial charge in [-0.3, -0.25) is 4.79 Å². The molecule has 1 heterocycles. The number of benzene rings is 1. The lowest BCUT2D eigenvalue weighted by Crippen LogP contribution is -2.43. The molecule has 17 heavy (non-hydrogen) atoms. The van der Waals surface area contributed by atoms with Gasteiger partial charge in [-0.15, -0.1) is 4.81 Å². The molecule has 0 aromatic heterocycles. The number of para-hydroxylation sites is 2. The molecule has 0 saturated carbocycles. The molecule has 1 aliphatic heterocycles. The van der Waals surface area contributed by atoms with Gasteiger partial charge in [0, 0.05) is 18.6 Å². The Morgan fingerprint density at radius 1 is 1.35 bits per heavy atom. The fraction of sp³-hybridized carbons (Fsp3) is 0.0833. The van der Waals surface area contributed by atoms with Gasteiger partial charge in [0.2, 0.25) is 11.4 Å². The van der Waals surface area contributed by atoms with Crippen LogP contribution < -0.4 is 9.55 Å². The largest absolute Gasteiger partial charge is 0.588 e. The molecule has 1 unspecified atom stereocenters. The molecular formula is C12H9NO4. The summed E-state index contributed by atoms with van der Waals surface area (Å²) in [6, 6.07) is 6.41. The zero-order valence-electron chi connectivity index (χ0n) is 8.79. The summed E-state index contributed by atoms with van der Waals surface area (Å²) in [6.07, 6.45) is 2.75. The molecule has 3 rings (SSSR count). The van der Waals surface area contributed by atoms with Gasteiger partial charge < -0.3 is 9.94 Å². The van der Waals surface area contributed by atoms with Crippen LogP contribution in [-0.2, 0) is 4.79 Å². The van der Waals surface area contributed by atoms with Crippen LogP contribution in [0, 0.1) is 5.21 Å². The number of fused-ring (bicyclic) bond motifs is 2. The van der Waals surface area contributed by atoms with E-state index in [0.29, 0.717) is 0 Å². The number of nitrogens with zero attached hydrogens (tertiary/aromatic N) is 1. The highest BCUT2D eigenvalue weighted by Gasteiger charge is 2.39. The van der Waals surface area contributed by atoms with Crippen molar-refractivity contribution < 1.29 is 14.7 Å². The molecule has 0 bridgehead atoms. The average molecular weight is 231 g/mol. The van der Waals surface area contributed by atoms with Crippen molar-refractivity contribution >= 4 is 11.5 Å². The summed E-state index contributed by atoms with van der Waals surface area (Å²) in [4.78, 5) is 9.62. The molecular weight excluding hydrogens is 222 g/mol. The van der Waals surface area contributed by atoms with Gasteiger partial charge in [-0.1, -0.05) is 12.1 Å². The third kappa shape index (κ3) is 1.41. The van der Waals surface area contributed by atoms with E-state index in [0.717, 1.165) is 0 Å². The van der Waals surface area contributed by atoms with Crippen LogP contribution in [0.5, 0.6) is 5.75 Å². The zero-order valence-corrected chi connectivity index (χ0v) is 8.79. The normalized spacial score (nSPS) is 26.4. The minimum atomic E-state index is -1.63. The average Bonchev–Trinajstić information content (AvgIpc) is 2.28. The SMILES string of the molecule is O=C1C=C2Oc3ccccc3[N+]([O-])(O)C2=CC1. The highest BCUT2D eigenvalue weighted by Crippen LogP contribution is 2.43. The van der Waals surface area contributed by atoms with E-state index in [4.69, 9.17) is 4.74 Å². The molecule has 1 aliphatic carbocycles. The van der Waals surface area contributed by atoms with Crippen molar-refractivity contribution in [3.8, 4) is 5.75 Å². The molecule has 1 atom stereocenters. The van der Waals surface area contributed by atoms with Gasteiger partial charge in [0.15, 0.2) is 17.3 Å². The number of allylic oxidation sites excluding steroid dienone is 2. The molecule has 5 heteroatoms.